The monoisotopic (exact) mass is 398 g/mol. The molecule has 0 saturated heterocycles. The fraction of sp³-hybridized carbons (Fsp3) is 0.632. The molecule has 8 heteroatoms. The molecule has 1 aliphatic heterocycles. The summed E-state index contributed by atoms with van der Waals surface area (Å²) >= 11 is 0. The molecule has 0 saturated carbocycles. The highest BCUT2D eigenvalue weighted by molar-refractivity contribution is 7.89. The van der Waals surface area contributed by atoms with Crippen LogP contribution in [0, 0.1) is 5.92 Å². The minimum absolute atomic E-state index is 0.0491. The number of hydrogen-bond donors (Lipinski definition) is 2. The summed E-state index contributed by atoms with van der Waals surface area (Å²) in [6, 6.07) is 4.77. The Labute approximate surface area is 161 Å². The van der Waals surface area contributed by atoms with E-state index in [0.29, 0.717) is 50.0 Å². The van der Waals surface area contributed by atoms with E-state index in [0.717, 1.165) is 12.8 Å². The lowest BCUT2D eigenvalue weighted by Crippen LogP contribution is -2.35. The SMILES string of the molecule is CC(C)C(C)NC(=O)CCCCCNS(=O)(=O)c1ccc2c(c1)OCCO2. The van der Waals surface area contributed by atoms with E-state index in [-0.39, 0.29) is 16.8 Å². The number of ether oxygens (including phenoxy) is 2. The molecule has 0 aromatic heterocycles. The molecule has 1 aromatic rings. The van der Waals surface area contributed by atoms with Crippen molar-refractivity contribution in [1.29, 1.82) is 0 Å². The number of carbonyl (C=O) groups is 1. The molecule has 0 radical (unpaired) electrons. The van der Waals surface area contributed by atoms with Crippen molar-refractivity contribution in [3.63, 3.8) is 0 Å². The number of unbranched alkanes of at least 4 members (excludes halogenated alkanes) is 2. The molecule has 2 N–H and O–H groups in total. The summed E-state index contributed by atoms with van der Waals surface area (Å²) in [6.07, 6.45) is 2.66. The molecule has 2 rings (SSSR count). The Morgan fingerprint density at radius 2 is 1.78 bits per heavy atom. The predicted octanol–water partition coefficient (Wildman–Crippen LogP) is 2.46. The third kappa shape index (κ3) is 6.70. The third-order valence-corrected chi connectivity index (χ3v) is 6.04. The normalized spacial score (nSPS) is 14.8. The number of fused-ring (bicyclic) bond motifs is 1. The Bertz CT molecular complexity index is 734. The summed E-state index contributed by atoms with van der Waals surface area (Å²) in [7, 11) is -3.59. The van der Waals surface area contributed by atoms with Crippen molar-refractivity contribution in [2.24, 2.45) is 5.92 Å². The summed E-state index contributed by atoms with van der Waals surface area (Å²) < 4.78 is 38.2. The zero-order valence-electron chi connectivity index (χ0n) is 16.3. The minimum Gasteiger partial charge on any atom is -0.486 e. The van der Waals surface area contributed by atoms with Crippen LogP contribution < -0.4 is 19.5 Å². The van der Waals surface area contributed by atoms with Crippen LogP contribution in [-0.2, 0) is 14.8 Å². The standard InChI is InChI=1S/C19H30N2O5S/c1-14(2)15(3)21-19(22)7-5-4-6-10-20-27(23,24)16-8-9-17-18(13-16)26-12-11-25-17/h8-9,13-15,20H,4-7,10-12H2,1-3H3,(H,21,22). The quantitative estimate of drug-likeness (QED) is 0.591. The molecule has 1 aliphatic rings. The van der Waals surface area contributed by atoms with Crippen LogP contribution >= 0.6 is 0 Å². The van der Waals surface area contributed by atoms with E-state index in [4.69, 9.17) is 9.47 Å². The Kier molecular flexibility index (Phi) is 7.91. The first kappa shape index (κ1) is 21.5. The number of hydrogen-bond acceptors (Lipinski definition) is 5. The number of nitrogens with one attached hydrogen (secondary N) is 2. The number of carbonyl (C=O) groups excluding carboxylic acids is 1. The van der Waals surface area contributed by atoms with Crippen LogP contribution in [0.2, 0.25) is 0 Å². The van der Waals surface area contributed by atoms with Gasteiger partial charge in [-0.15, -0.1) is 0 Å². The second-order valence-corrected chi connectivity index (χ2v) is 8.88. The van der Waals surface area contributed by atoms with Gasteiger partial charge in [-0.2, -0.15) is 0 Å². The van der Waals surface area contributed by atoms with Crippen LogP contribution in [0.4, 0.5) is 0 Å². The van der Waals surface area contributed by atoms with Gasteiger partial charge in [0.05, 0.1) is 4.90 Å². The highest BCUT2D eigenvalue weighted by atomic mass is 32.2. The van der Waals surface area contributed by atoms with Gasteiger partial charge in [0.15, 0.2) is 11.5 Å². The van der Waals surface area contributed by atoms with E-state index in [9.17, 15) is 13.2 Å². The van der Waals surface area contributed by atoms with Crippen molar-refractivity contribution < 1.29 is 22.7 Å². The van der Waals surface area contributed by atoms with Crippen molar-refractivity contribution in [2.45, 2.75) is 57.4 Å². The number of rotatable bonds is 10. The summed E-state index contributed by atoms with van der Waals surface area (Å²) in [4.78, 5) is 12.0. The molecule has 1 aromatic carbocycles. The van der Waals surface area contributed by atoms with E-state index >= 15 is 0 Å². The zero-order valence-corrected chi connectivity index (χ0v) is 17.1. The van der Waals surface area contributed by atoms with Gasteiger partial charge in [-0.1, -0.05) is 20.3 Å². The molecule has 152 valence electrons. The zero-order chi connectivity index (χ0) is 19.9. The topological polar surface area (TPSA) is 93.7 Å². The molecule has 0 spiro atoms. The van der Waals surface area contributed by atoms with Crippen molar-refractivity contribution in [3.05, 3.63) is 18.2 Å². The van der Waals surface area contributed by atoms with E-state index < -0.39 is 10.0 Å². The van der Waals surface area contributed by atoms with Crippen LogP contribution in [0.1, 0.15) is 46.5 Å². The lowest BCUT2D eigenvalue weighted by Gasteiger charge is -2.19. The fourth-order valence-corrected chi connectivity index (χ4v) is 3.65. The van der Waals surface area contributed by atoms with E-state index in [1.165, 1.54) is 12.1 Å². The van der Waals surface area contributed by atoms with Crippen LogP contribution in [-0.4, -0.2) is 40.1 Å². The summed E-state index contributed by atoms with van der Waals surface area (Å²) in [6.45, 7) is 7.34. The highest BCUT2D eigenvalue weighted by Gasteiger charge is 2.19. The second-order valence-electron chi connectivity index (χ2n) is 7.11. The van der Waals surface area contributed by atoms with Gasteiger partial charge in [-0.3, -0.25) is 4.79 Å². The summed E-state index contributed by atoms with van der Waals surface area (Å²) in [5, 5.41) is 2.97. The molecule has 1 unspecified atom stereocenters. The first-order valence-corrected chi connectivity index (χ1v) is 11.0. The van der Waals surface area contributed by atoms with E-state index in [2.05, 4.69) is 23.9 Å². The van der Waals surface area contributed by atoms with Gasteiger partial charge >= 0.3 is 0 Å². The minimum atomic E-state index is -3.59. The average Bonchev–Trinajstić information content (AvgIpc) is 2.64. The van der Waals surface area contributed by atoms with E-state index in [1.807, 2.05) is 6.92 Å². The lowest BCUT2D eigenvalue weighted by molar-refractivity contribution is -0.122. The van der Waals surface area contributed by atoms with E-state index in [1.54, 1.807) is 6.07 Å². The first-order valence-electron chi connectivity index (χ1n) is 9.48. The summed E-state index contributed by atoms with van der Waals surface area (Å²) in [5.41, 5.74) is 0. The molecular weight excluding hydrogens is 368 g/mol. The van der Waals surface area contributed by atoms with Crippen molar-refractivity contribution in [1.82, 2.24) is 10.0 Å². The first-order chi connectivity index (χ1) is 12.8. The average molecular weight is 399 g/mol. The molecule has 7 nitrogen and oxygen atoms in total. The number of benzene rings is 1. The van der Waals surface area contributed by atoms with Gasteiger partial charge in [-0.25, -0.2) is 13.1 Å². The number of amides is 1. The number of sulfonamides is 1. The maximum absolute atomic E-state index is 12.4. The molecule has 0 bridgehead atoms. The van der Waals surface area contributed by atoms with Gasteiger partial charge in [0.2, 0.25) is 15.9 Å². The molecule has 27 heavy (non-hydrogen) atoms. The predicted molar refractivity (Wildman–Crippen MR) is 104 cm³/mol. The van der Waals surface area contributed by atoms with Gasteiger partial charge in [0, 0.05) is 25.1 Å². The van der Waals surface area contributed by atoms with Crippen molar-refractivity contribution in [2.75, 3.05) is 19.8 Å². The fourth-order valence-electron chi connectivity index (χ4n) is 2.56. The molecular formula is C19H30N2O5S. The van der Waals surface area contributed by atoms with Crippen LogP contribution in [0.5, 0.6) is 11.5 Å². The van der Waals surface area contributed by atoms with Gasteiger partial charge in [-0.05, 0) is 37.8 Å². The van der Waals surface area contributed by atoms with Gasteiger partial charge in [0.25, 0.3) is 0 Å². The molecule has 1 heterocycles. The Balaban J connectivity index is 1.70. The molecule has 0 fully saturated rings. The Hall–Kier alpha value is -1.80. The highest BCUT2D eigenvalue weighted by Crippen LogP contribution is 2.32. The van der Waals surface area contributed by atoms with Crippen molar-refractivity contribution >= 4 is 15.9 Å². The van der Waals surface area contributed by atoms with Crippen LogP contribution in [0.25, 0.3) is 0 Å². The maximum Gasteiger partial charge on any atom is 0.240 e. The Morgan fingerprint density at radius 1 is 1.07 bits per heavy atom. The van der Waals surface area contributed by atoms with Gasteiger partial charge in [0.1, 0.15) is 13.2 Å². The third-order valence-electron chi connectivity index (χ3n) is 4.59. The smallest absolute Gasteiger partial charge is 0.240 e. The second kappa shape index (κ2) is 9.94. The van der Waals surface area contributed by atoms with Crippen LogP contribution in [0.15, 0.2) is 23.1 Å². The summed E-state index contributed by atoms with van der Waals surface area (Å²) in [5.74, 6) is 1.47. The molecule has 0 aliphatic carbocycles. The van der Waals surface area contributed by atoms with Crippen molar-refractivity contribution in [3.8, 4) is 11.5 Å². The Morgan fingerprint density at radius 3 is 2.48 bits per heavy atom. The van der Waals surface area contributed by atoms with Gasteiger partial charge < -0.3 is 14.8 Å². The maximum atomic E-state index is 12.4. The lowest BCUT2D eigenvalue weighted by atomic mass is 10.1. The molecule has 1 atom stereocenters. The largest absolute Gasteiger partial charge is 0.486 e. The van der Waals surface area contributed by atoms with Crippen LogP contribution in [0.3, 0.4) is 0 Å². The molecule has 1 amide bonds.